The maximum atomic E-state index is 11.0. The second-order valence-corrected chi connectivity index (χ2v) is 9.90. The van der Waals surface area contributed by atoms with Crippen molar-refractivity contribution < 1.29 is 19.0 Å². The summed E-state index contributed by atoms with van der Waals surface area (Å²) in [5, 5.41) is 8.46. The van der Waals surface area contributed by atoms with Crippen LogP contribution in [0, 0.1) is 11.3 Å². The molecule has 2 aliphatic heterocycles. The Bertz CT molecular complexity index is 935. The van der Waals surface area contributed by atoms with Gasteiger partial charge in [0, 0.05) is 39.3 Å². The van der Waals surface area contributed by atoms with Crippen LogP contribution in [0.1, 0.15) is 49.7 Å². The molecule has 2 heterocycles. The van der Waals surface area contributed by atoms with Gasteiger partial charge >= 0.3 is 5.97 Å². The molecule has 0 unspecified atom stereocenters. The van der Waals surface area contributed by atoms with Crippen LogP contribution in [0.25, 0.3) is 0 Å². The van der Waals surface area contributed by atoms with Gasteiger partial charge in [-0.3, -0.25) is 14.6 Å². The zero-order chi connectivity index (χ0) is 26.8. The molecular weight excluding hydrogens is 478 g/mol. The fourth-order valence-electron chi connectivity index (χ4n) is 4.83. The van der Waals surface area contributed by atoms with Gasteiger partial charge < -0.3 is 14.2 Å². The molecule has 0 aromatic heterocycles. The van der Waals surface area contributed by atoms with Crippen molar-refractivity contribution in [2.75, 3.05) is 46.5 Å². The summed E-state index contributed by atoms with van der Waals surface area (Å²) in [5.41, 5.74) is 2.74. The van der Waals surface area contributed by atoms with Crippen LogP contribution in [0.5, 0.6) is 0 Å². The average molecular weight is 522 g/mol. The Labute approximate surface area is 228 Å². The highest BCUT2D eigenvalue weighted by Crippen LogP contribution is 2.17. The molecular formula is C31H43N3O4. The van der Waals surface area contributed by atoms with Crippen molar-refractivity contribution in [1.29, 1.82) is 5.26 Å². The van der Waals surface area contributed by atoms with Crippen molar-refractivity contribution >= 4 is 5.97 Å². The summed E-state index contributed by atoms with van der Waals surface area (Å²) in [6, 6.07) is 23.2. The van der Waals surface area contributed by atoms with E-state index in [4.69, 9.17) is 14.7 Å². The minimum absolute atomic E-state index is 0.202. The third-order valence-corrected chi connectivity index (χ3v) is 7.02. The Kier molecular flexibility index (Phi) is 13.9. The number of likely N-dealkylation sites (tertiary alicyclic amines) is 2. The van der Waals surface area contributed by atoms with Gasteiger partial charge in [-0.15, -0.1) is 0 Å². The van der Waals surface area contributed by atoms with Gasteiger partial charge in [-0.1, -0.05) is 60.7 Å². The molecule has 7 nitrogen and oxygen atoms in total. The molecule has 2 saturated heterocycles. The number of rotatable bonds is 11. The first-order valence-electron chi connectivity index (χ1n) is 13.9. The lowest BCUT2D eigenvalue weighted by Gasteiger charge is -2.31. The topological polar surface area (TPSA) is 75.0 Å². The minimum Gasteiger partial charge on any atom is -0.469 e. The molecule has 2 fully saturated rings. The van der Waals surface area contributed by atoms with E-state index in [1.165, 1.54) is 18.2 Å². The van der Waals surface area contributed by atoms with Crippen molar-refractivity contribution in [3.63, 3.8) is 0 Å². The van der Waals surface area contributed by atoms with Gasteiger partial charge in [-0.25, -0.2) is 0 Å². The fraction of sp³-hybridized carbons (Fsp3) is 0.548. The largest absolute Gasteiger partial charge is 0.469 e. The molecule has 0 atom stereocenters. The van der Waals surface area contributed by atoms with E-state index < -0.39 is 0 Å². The number of esters is 1. The van der Waals surface area contributed by atoms with Crippen LogP contribution in [0.2, 0.25) is 0 Å². The van der Waals surface area contributed by atoms with Gasteiger partial charge in [0.05, 0.1) is 51.4 Å². The van der Waals surface area contributed by atoms with Crippen molar-refractivity contribution in [2.24, 2.45) is 0 Å². The first-order chi connectivity index (χ1) is 18.7. The number of carbonyl (C=O) groups excluding carboxylic acids is 1. The Morgan fingerprint density at radius 1 is 0.789 bits per heavy atom. The van der Waals surface area contributed by atoms with Gasteiger partial charge in [-0.2, -0.15) is 5.26 Å². The number of carbonyl (C=O) groups is 1. The summed E-state index contributed by atoms with van der Waals surface area (Å²) in [4.78, 5) is 15.9. The highest BCUT2D eigenvalue weighted by Gasteiger charge is 2.20. The van der Waals surface area contributed by atoms with Crippen LogP contribution in [-0.2, 0) is 32.1 Å². The predicted molar refractivity (Wildman–Crippen MR) is 148 cm³/mol. The third-order valence-electron chi connectivity index (χ3n) is 7.02. The summed E-state index contributed by atoms with van der Waals surface area (Å²) < 4.78 is 16.0. The standard InChI is InChI=1S/C16H23NO3.C15H20N2O/c1-19-16(18)9-12-20-15-7-10-17(11-8-15)13-14-5-3-2-4-6-14;16-9-4-12-18-15-7-10-17(11-8-15)13-14-5-2-1-3-6-14/h2-6,15H,7-13H2,1H3;1-3,5-6,15H,4,7-8,10-13H2. The lowest BCUT2D eigenvalue weighted by Crippen LogP contribution is -2.36. The number of nitrogens with zero attached hydrogens (tertiary/aromatic N) is 3. The number of hydrogen-bond donors (Lipinski definition) is 0. The SMILES string of the molecule is COC(=O)CCOC1CCN(Cc2ccccc2)CC1.N#CCCOC1CCN(Cc2ccccc2)CC1. The van der Waals surface area contributed by atoms with Gasteiger partial charge in [0.25, 0.3) is 0 Å². The lowest BCUT2D eigenvalue weighted by atomic mass is 10.1. The smallest absolute Gasteiger partial charge is 0.307 e. The molecule has 2 aromatic rings. The molecule has 7 heteroatoms. The molecule has 0 N–H and O–H groups in total. The van der Waals surface area contributed by atoms with Crippen molar-refractivity contribution in [3.05, 3.63) is 71.8 Å². The van der Waals surface area contributed by atoms with Crippen molar-refractivity contribution in [2.45, 2.75) is 63.8 Å². The van der Waals surface area contributed by atoms with E-state index in [1.807, 2.05) is 6.07 Å². The highest BCUT2D eigenvalue weighted by molar-refractivity contribution is 5.69. The number of benzene rings is 2. The van der Waals surface area contributed by atoms with Crippen LogP contribution < -0.4 is 0 Å². The number of methoxy groups -OCH3 is 1. The summed E-state index contributed by atoms with van der Waals surface area (Å²) in [6.07, 6.45) is 5.72. The van der Waals surface area contributed by atoms with E-state index in [0.29, 0.717) is 32.2 Å². The van der Waals surface area contributed by atoms with Crippen molar-refractivity contribution in [3.8, 4) is 6.07 Å². The zero-order valence-corrected chi connectivity index (χ0v) is 22.8. The second-order valence-electron chi connectivity index (χ2n) is 9.90. The second kappa shape index (κ2) is 17.7. The predicted octanol–water partition coefficient (Wildman–Crippen LogP) is 4.81. The normalized spacial score (nSPS) is 17.3. The third kappa shape index (κ3) is 11.7. The Balaban J connectivity index is 0.000000212. The number of ether oxygens (including phenoxy) is 3. The number of hydrogen-bond acceptors (Lipinski definition) is 7. The van der Waals surface area contributed by atoms with E-state index in [-0.39, 0.29) is 12.1 Å². The minimum atomic E-state index is -0.202. The summed E-state index contributed by atoms with van der Waals surface area (Å²) in [7, 11) is 1.41. The average Bonchev–Trinajstić information content (AvgIpc) is 2.96. The van der Waals surface area contributed by atoms with Gasteiger partial charge in [0.1, 0.15) is 0 Å². The van der Waals surface area contributed by atoms with Crippen LogP contribution in [0.4, 0.5) is 0 Å². The molecule has 0 aliphatic carbocycles. The lowest BCUT2D eigenvalue weighted by molar-refractivity contribution is -0.142. The van der Waals surface area contributed by atoms with Crippen LogP contribution >= 0.6 is 0 Å². The Hall–Kier alpha value is -2.76. The molecule has 2 aliphatic rings. The van der Waals surface area contributed by atoms with Crippen LogP contribution in [0.15, 0.2) is 60.7 Å². The Morgan fingerprint density at radius 3 is 1.66 bits per heavy atom. The van der Waals surface area contributed by atoms with Crippen LogP contribution in [0.3, 0.4) is 0 Å². The molecule has 38 heavy (non-hydrogen) atoms. The molecule has 0 radical (unpaired) electrons. The first kappa shape index (κ1) is 29.8. The highest BCUT2D eigenvalue weighted by atomic mass is 16.5. The number of nitriles is 1. The number of piperidine rings is 2. The molecule has 0 saturated carbocycles. The van der Waals surface area contributed by atoms with E-state index in [9.17, 15) is 4.79 Å². The summed E-state index contributed by atoms with van der Waals surface area (Å²) in [5.74, 6) is -0.202. The monoisotopic (exact) mass is 521 g/mol. The maximum Gasteiger partial charge on any atom is 0.307 e. The van der Waals surface area contributed by atoms with Gasteiger partial charge in [0.15, 0.2) is 0 Å². The maximum absolute atomic E-state index is 11.0. The fourth-order valence-corrected chi connectivity index (χ4v) is 4.83. The van der Waals surface area contributed by atoms with Gasteiger partial charge in [0.2, 0.25) is 0 Å². The summed E-state index contributed by atoms with van der Waals surface area (Å²) in [6.45, 7) is 7.38. The molecule has 206 valence electrons. The van der Waals surface area contributed by atoms with Gasteiger partial charge in [-0.05, 0) is 36.8 Å². The molecule has 0 bridgehead atoms. The van der Waals surface area contributed by atoms with E-state index in [2.05, 4.69) is 75.2 Å². The Morgan fingerprint density at radius 2 is 1.24 bits per heavy atom. The van der Waals surface area contributed by atoms with E-state index in [0.717, 1.165) is 65.0 Å². The van der Waals surface area contributed by atoms with E-state index >= 15 is 0 Å². The van der Waals surface area contributed by atoms with E-state index in [1.54, 1.807) is 0 Å². The zero-order valence-electron chi connectivity index (χ0n) is 22.8. The molecule has 0 amide bonds. The first-order valence-corrected chi connectivity index (χ1v) is 13.9. The molecule has 2 aromatic carbocycles. The molecule has 0 spiro atoms. The van der Waals surface area contributed by atoms with Crippen LogP contribution in [-0.4, -0.2) is 74.5 Å². The summed E-state index contributed by atoms with van der Waals surface area (Å²) >= 11 is 0. The van der Waals surface area contributed by atoms with Crippen molar-refractivity contribution in [1.82, 2.24) is 9.80 Å². The quantitative estimate of drug-likeness (QED) is 0.310. The molecule has 4 rings (SSSR count).